The van der Waals surface area contributed by atoms with E-state index in [4.69, 9.17) is 4.42 Å². The van der Waals surface area contributed by atoms with Gasteiger partial charge in [0, 0.05) is 17.0 Å². The minimum absolute atomic E-state index is 0.0119. The van der Waals surface area contributed by atoms with Crippen LogP contribution in [-0.2, 0) is 9.84 Å². The normalized spacial score (nSPS) is 21.1. The standard InChI is InChI=1S/C14H15NO4S/c1-9-11-4-2-3-5-12(11)19-13(9)14(16)15-10-6-7-20(17,18)8-10/h2-5,10H,6-8H2,1H3,(H,15,16)/t10-/m0/s1. The van der Waals surface area contributed by atoms with E-state index in [2.05, 4.69) is 5.32 Å². The van der Waals surface area contributed by atoms with Crippen LogP contribution in [0.3, 0.4) is 0 Å². The first kappa shape index (κ1) is 13.2. The number of benzene rings is 1. The van der Waals surface area contributed by atoms with Gasteiger partial charge < -0.3 is 9.73 Å². The van der Waals surface area contributed by atoms with E-state index < -0.39 is 9.84 Å². The van der Waals surface area contributed by atoms with Crippen LogP contribution in [0.1, 0.15) is 22.5 Å². The fourth-order valence-corrected chi connectivity index (χ4v) is 4.22. The second kappa shape index (κ2) is 4.63. The van der Waals surface area contributed by atoms with Crippen molar-refractivity contribution in [3.8, 4) is 0 Å². The molecule has 1 amide bonds. The number of hydrogen-bond acceptors (Lipinski definition) is 4. The Balaban J connectivity index is 1.84. The molecule has 106 valence electrons. The molecule has 1 aliphatic heterocycles. The maximum absolute atomic E-state index is 12.2. The molecular formula is C14H15NO4S. The van der Waals surface area contributed by atoms with Gasteiger partial charge >= 0.3 is 0 Å². The van der Waals surface area contributed by atoms with Crippen LogP contribution in [0.25, 0.3) is 11.0 Å². The molecule has 0 saturated carbocycles. The van der Waals surface area contributed by atoms with Crippen LogP contribution in [0.2, 0.25) is 0 Å². The molecule has 1 fully saturated rings. The van der Waals surface area contributed by atoms with E-state index in [1.807, 2.05) is 25.1 Å². The molecule has 1 saturated heterocycles. The third kappa shape index (κ3) is 2.31. The predicted octanol–water partition coefficient (Wildman–Crippen LogP) is 1.66. The summed E-state index contributed by atoms with van der Waals surface area (Å²) in [6.45, 7) is 1.83. The lowest BCUT2D eigenvalue weighted by molar-refractivity contribution is 0.0914. The number of rotatable bonds is 2. The monoisotopic (exact) mass is 293 g/mol. The zero-order valence-corrected chi connectivity index (χ0v) is 11.9. The fourth-order valence-electron chi connectivity index (χ4n) is 2.55. The molecule has 20 heavy (non-hydrogen) atoms. The first-order valence-electron chi connectivity index (χ1n) is 6.46. The molecular weight excluding hydrogens is 278 g/mol. The highest BCUT2D eigenvalue weighted by atomic mass is 32.2. The Morgan fingerprint density at radius 2 is 2.10 bits per heavy atom. The molecule has 0 unspecified atom stereocenters. The summed E-state index contributed by atoms with van der Waals surface area (Å²) in [6, 6.07) is 7.11. The van der Waals surface area contributed by atoms with Gasteiger partial charge in [-0.25, -0.2) is 8.42 Å². The molecule has 0 bridgehead atoms. The molecule has 0 radical (unpaired) electrons. The van der Waals surface area contributed by atoms with E-state index in [1.165, 1.54) is 0 Å². The first-order chi connectivity index (χ1) is 9.46. The zero-order valence-electron chi connectivity index (χ0n) is 11.0. The minimum atomic E-state index is -3.00. The molecule has 1 N–H and O–H groups in total. The Morgan fingerprint density at radius 1 is 1.35 bits per heavy atom. The highest BCUT2D eigenvalue weighted by molar-refractivity contribution is 7.91. The number of aryl methyl sites for hydroxylation is 1. The van der Waals surface area contributed by atoms with Crippen molar-refractivity contribution in [2.24, 2.45) is 0 Å². The number of amides is 1. The highest BCUT2D eigenvalue weighted by Crippen LogP contribution is 2.25. The average molecular weight is 293 g/mol. The van der Waals surface area contributed by atoms with E-state index in [-0.39, 0.29) is 29.2 Å². The van der Waals surface area contributed by atoms with Crippen molar-refractivity contribution >= 4 is 26.7 Å². The van der Waals surface area contributed by atoms with Gasteiger partial charge in [0.15, 0.2) is 15.6 Å². The first-order valence-corrected chi connectivity index (χ1v) is 8.28. The lowest BCUT2D eigenvalue weighted by Crippen LogP contribution is -2.35. The Hall–Kier alpha value is -1.82. The van der Waals surface area contributed by atoms with Crippen LogP contribution in [0.4, 0.5) is 0 Å². The number of furan rings is 1. The van der Waals surface area contributed by atoms with Gasteiger partial charge in [0.2, 0.25) is 0 Å². The van der Waals surface area contributed by atoms with Crippen LogP contribution in [-0.4, -0.2) is 31.9 Å². The summed E-state index contributed by atoms with van der Waals surface area (Å²) < 4.78 is 28.3. The number of nitrogens with one attached hydrogen (secondary N) is 1. The molecule has 1 aromatic carbocycles. The molecule has 6 heteroatoms. The summed E-state index contributed by atoms with van der Waals surface area (Å²) in [6.07, 6.45) is 0.466. The molecule has 3 rings (SSSR count). The van der Waals surface area contributed by atoms with Gasteiger partial charge in [0.1, 0.15) is 5.58 Å². The van der Waals surface area contributed by atoms with Crippen LogP contribution in [0.5, 0.6) is 0 Å². The Bertz CT molecular complexity index is 776. The number of fused-ring (bicyclic) bond motifs is 1. The molecule has 2 heterocycles. The van der Waals surface area contributed by atoms with E-state index in [0.29, 0.717) is 12.0 Å². The summed E-state index contributed by atoms with van der Waals surface area (Å²) in [4.78, 5) is 12.2. The molecule has 1 atom stereocenters. The predicted molar refractivity (Wildman–Crippen MR) is 75.5 cm³/mol. The van der Waals surface area contributed by atoms with Gasteiger partial charge in [-0.05, 0) is 19.4 Å². The lowest BCUT2D eigenvalue weighted by Gasteiger charge is -2.09. The van der Waals surface area contributed by atoms with Crippen molar-refractivity contribution in [3.63, 3.8) is 0 Å². The van der Waals surface area contributed by atoms with Gasteiger partial charge in [-0.15, -0.1) is 0 Å². The summed E-state index contributed by atoms with van der Waals surface area (Å²) >= 11 is 0. The van der Waals surface area contributed by atoms with Crippen molar-refractivity contribution in [3.05, 3.63) is 35.6 Å². The van der Waals surface area contributed by atoms with Crippen molar-refractivity contribution < 1.29 is 17.6 Å². The van der Waals surface area contributed by atoms with E-state index in [9.17, 15) is 13.2 Å². The van der Waals surface area contributed by atoms with E-state index in [0.717, 1.165) is 10.9 Å². The molecule has 0 spiro atoms. The third-order valence-corrected chi connectivity index (χ3v) is 5.39. The van der Waals surface area contributed by atoms with Crippen LogP contribution in [0.15, 0.2) is 28.7 Å². The Kier molecular flexibility index (Phi) is 3.05. The second-order valence-corrected chi connectivity index (χ2v) is 7.35. The number of sulfone groups is 1. The lowest BCUT2D eigenvalue weighted by atomic mass is 10.1. The summed E-state index contributed by atoms with van der Waals surface area (Å²) in [5, 5.41) is 3.64. The fraction of sp³-hybridized carbons (Fsp3) is 0.357. The van der Waals surface area contributed by atoms with Crippen molar-refractivity contribution in [1.82, 2.24) is 5.32 Å². The number of carbonyl (C=O) groups excluding carboxylic acids is 1. The molecule has 5 nitrogen and oxygen atoms in total. The summed E-state index contributed by atoms with van der Waals surface area (Å²) in [7, 11) is -3.00. The van der Waals surface area contributed by atoms with Crippen LogP contribution < -0.4 is 5.32 Å². The van der Waals surface area contributed by atoms with Crippen molar-refractivity contribution in [2.45, 2.75) is 19.4 Å². The Labute approximate surface area is 116 Å². The zero-order chi connectivity index (χ0) is 14.3. The van der Waals surface area contributed by atoms with Gasteiger partial charge in [0.05, 0.1) is 11.5 Å². The van der Waals surface area contributed by atoms with Gasteiger partial charge in [0.25, 0.3) is 5.91 Å². The second-order valence-electron chi connectivity index (χ2n) is 5.13. The molecule has 0 aliphatic carbocycles. The third-order valence-electron chi connectivity index (χ3n) is 3.62. The van der Waals surface area contributed by atoms with Crippen molar-refractivity contribution in [2.75, 3.05) is 11.5 Å². The molecule has 1 aliphatic rings. The van der Waals surface area contributed by atoms with Crippen molar-refractivity contribution in [1.29, 1.82) is 0 Å². The van der Waals surface area contributed by atoms with Gasteiger partial charge in [-0.3, -0.25) is 4.79 Å². The summed E-state index contributed by atoms with van der Waals surface area (Å²) in [5.74, 6) is 0.0611. The number of para-hydroxylation sites is 1. The smallest absolute Gasteiger partial charge is 0.287 e. The average Bonchev–Trinajstić information content (AvgIpc) is 2.91. The van der Waals surface area contributed by atoms with E-state index in [1.54, 1.807) is 6.07 Å². The quantitative estimate of drug-likeness (QED) is 0.913. The number of carbonyl (C=O) groups is 1. The van der Waals surface area contributed by atoms with E-state index >= 15 is 0 Å². The SMILES string of the molecule is Cc1c(C(=O)N[C@H]2CCS(=O)(=O)C2)oc2ccccc12. The maximum Gasteiger partial charge on any atom is 0.287 e. The number of hydrogen-bond donors (Lipinski definition) is 1. The largest absolute Gasteiger partial charge is 0.451 e. The van der Waals surface area contributed by atoms with Gasteiger partial charge in [-0.2, -0.15) is 0 Å². The Morgan fingerprint density at radius 3 is 2.75 bits per heavy atom. The van der Waals surface area contributed by atoms with Gasteiger partial charge in [-0.1, -0.05) is 18.2 Å². The molecule has 1 aromatic heterocycles. The highest BCUT2D eigenvalue weighted by Gasteiger charge is 2.30. The summed E-state index contributed by atoms with van der Waals surface area (Å²) in [5.41, 5.74) is 1.44. The van der Waals surface area contributed by atoms with Crippen LogP contribution in [0, 0.1) is 6.92 Å². The topological polar surface area (TPSA) is 76.4 Å². The maximum atomic E-state index is 12.2. The minimum Gasteiger partial charge on any atom is -0.451 e. The molecule has 2 aromatic rings. The van der Waals surface area contributed by atoms with Crippen LogP contribution >= 0.6 is 0 Å².